The first kappa shape index (κ1) is 13.7. The molecule has 0 bridgehead atoms. The fourth-order valence-electron chi connectivity index (χ4n) is 2.44. The summed E-state index contributed by atoms with van der Waals surface area (Å²) in [4.78, 5) is 0. The fourth-order valence-corrected chi connectivity index (χ4v) is 2.44. The van der Waals surface area contributed by atoms with E-state index >= 15 is 0 Å². The molecule has 0 aromatic carbocycles. The van der Waals surface area contributed by atoms with Gasteiger partial charge in [-0.1, -0.05) is 19.4 Å². The van der Waals surface area contributed by atoms with Crippen molar-refractivity contribution in [3.8, 4) is 0 Å². The zero-order chi connectivity index (χ0) is 12.0. The molecule has 1 aliphatic carbocycles. The highest BCUT2D eigenvalue weighted by atomic mass is 16.3. The number of aliphatic hydroxyl groups is 1. The van der Waals surface area contributed by atoms with Crippen LogP contribution in [0.2, 0.25) is 0 Å². The van der Waals surface area contributed by atoms with E-state index in [2.05, 4.69) is 25.7 Å². The summed E-state index contributed by atoms with van der Waals surface area (Å²) < 4.78 is 0. The summed E-state index contributed by atoms with van der Waals surface area (Å²) in [7, 11) is 0. The summed E-state index contributed by atoms with van der Waals surface area (Å²) in [5.41, 5.74) is -0.0546. The second kappa shape index (κ2) is 6.41. The molecule has 1 aliphatic rings. The van der Waals surface area contributed by atoms with Gasteiger partial charge in [0.2, 0.25) is 0 Å². The summed E-state index contributed by atoms with van der Waals surface area (Å²) >= 11 is 0. The summed E-state index contributed by atoms with van der Waals surface area (Å²) in [6.45, 7) is 8.42. The van der Waals surface area contributed by atoms with Crippen LogP contribution in [0.1, 0.15) is 52.4 Å². The van der Waals surface area contributed by atoms with Gasteiger partial charge in [-0.25, -0.2) is 0 Å². The van der Waals surface area contributed by atoms with Crippen LogP contribution in [-0.4, -0.2) is 23.3 Å². The number of hydrogen-bond acceptors (Lipinski definition) is 2. The molecular weight excluding hydrogens is 198 g/mol. The third-order valence-corrected chi connectivity index (χ3v) is 3.70. The Kier molecular flexibility index (Phi) is 5.50. The van der Waals surface area contributed by atoms with Gasteiger partial charge in [0.1, 0.15) is 0 Å². The third kappa shape index (κ3) is 3.91. The van der Waals surface area contributed by atoms with Gasteiger partial charge in [0.15, 0.2) is 0 Å². The van der Waals surface area contributed by atoms with Gasteiger partial charge in [0.05, 0.1) is 6.61 Å². The van der Waals surface area contributed by atoms with E-state index in [0.717, 1.165) is 12.8 Å². The molecule has 0 heterocycles. The van der Waals surface area contributed by atoms with Crippen LogP contribution < -0.4 is 5.32 Å². The first-order valence-electron chi connectivity index (χ1n) is 6.65. The molecule has 1 fully saturated rings. The molecule has 1 rings (SSSR count). The molecule has 94 valence electrons. The predicted molar refractivity (Wildman–Crippen MR) is 69.5 cm³/mol. The molecule has 0 aromatic rings. The van der Waals surface area contributed by atoms with Gasteiger partial charge < -0.3 is 10.4 Å². The van der Waals surface area contributed by atoms with Crippen molar-refractivity contribution < 1.29 is 5.11 Å². The standard InChI is InChI=1S/C14H27NO/c1-4-6-8-13(7-5-2)15-14(3,11-16)12-9-10-12/h4,12-13,15-16H,1,5-11H2,2-3H3. The van der Waals surface area contributed by atoms with Gasteiger partial charge in [0, 0.05) is 11.6 Å². The van der Waals surface area contributed by atoms with Crippen molar-refractivity contribution in [1.29, 1.82) is 0 Å². The van der Waals surface area contributed by atoms with E-state index in [1.54, 1.807) is 0 Å². The van der Waals surface area contributed by atoms with Crippen LogP contribution >= 0.6 is 0 Å². The van der Waals surface area contributed by atoms with E-state index in [-0.39, 0.29) is 12.1 Å². The lowest BCUT2D eigenvalue weighted by Crippen LogP contribution is -2.52. The van der Waals surface area contributed by atoms with Gasteiger partial charge in [0.25, 0.3) is 0 Å². The number of hydrogen-bond donors (Lipinski definition) is 2. The number of allylic oxidation sites excluding steroid dienone is 1. The largest absolute Gasteiger partial charge is 0.394 e. The molecule has 0 aromatic heterocycles. The Hall–Kier alpha value is -0.340. The zero-order valence-corrected chi connectivity index (χ0v) is 10.8. The van der Waals surface area contributed by atoms with Gasteiger partial charge in [-0.05, 0) is 44.9 Å². The maximum Gasteiger partial charge on any atom is 0.0613 e. The normalized spacial score (nSPS) is 21.4. The van der Waals surface area contributed by atoms with Crippen LogP contribution in [0.25, 0.3) is 0 Å². The van der Waals surface area contributed by atoms with Crippen LogP contribution in [-0.2, 0) is 0 Å². The fraction of sp³-hybridized carbons (Fsp3) is 0.857. The Morgan fingerprint density at radius 2 is 2.19 bits per heavy atom. The van der Waals surface area contributed by atoms with E-state index in [9.17, 15) is 5.11 Å². The minimum absolute atomic E-state index is 0.0546. The van der Waals surface area contributed by atoms with Crippen molar-refractivity contribution >= 4 is 0 Å². The monoisotopic (exact) mass is 225 g/mol. The van der Waals surface area contributed by atoms with Crippen LogP contribution in [0.3, 0.4) is 0 Å². The van der Waals surface area contributed by atoms with E-state index in [1.165, 1.54) is 25.7 Å². The van der Waals surface area contributed by atoms with Crippen LogP contribution in [0.4, 0.5) is 0 Å². The number of rotatable bonds is 9. The Bertz CT molecular complexity index is 213. The van der Waals surface area contributed by atoms with Crippen molar-refractivity contribution in [2.75, 3.05) is 6.61 Å². The number of nitrogens with one attached hydrogen (secondary N) is 1. The highest BCUT2D eigenvalue weighted by Crippen LogP contribution is 2.39. The van der Waals surface area contributed by atoms with Gasteiger partial charge in [-0.2, -0.15) is 0 Å². The lowest BCUT2D eigenvalue weighted by Gasteiger charge is -2.34. The van der Waals surface area contributed by atoms with Crippen molar-refractivity contribution in [3.05, 3.63) is 12.7 Å². The Balaban J connectivity index is 2.46. The van der Waals surface area contributed by atoms with Gasteiger partial charge in [-0.3, -0.25) is 0 Å². The molecule has 2 unspecified atom stereocenters. The smallest absolute Gasteiger partial charge is 0.0613 e. The molecule has 1 saturated carbocycles. The Morgan fingerprint density at radius 1 is 1.50 bits per heavy atom. The van der Waals surface area contributed by atoms with Crippen LogP contribution in [0.5, 0.6) is 0 Å². The first-order valence-corrected chi connectivity index (χ1v) is 6.65. The molecule has 0 amide bonds. The summed E-state index contributed by atoms with van der Waals surface area (Å²) in [6.07, 6.45) is 9.10. The molecule has 2 heteroatoms. The molecule has 2 atom stereocenters. The molecule has 2 N–H and O–H groups in total. The number of aliphatic hydroxyl groups excluding tert-OH is 1. The van der Waals surface area contributed by atoms with Crippen molar-refractivity contribution in [3.63, 3.8) is 0 Å². The zero-order valence-electron chi connectivity index (χ0n) is 10.8. The highest BCUT2D eigenvalue weighted by molar-refractivity contribution is 4.99. The molecule has 0 radical (unpaired) electrons. The predicted octanol–water partition coefficient (Wildman–Crippen LogP) is 2.87. The lowest BCUT2D eigenvalue weighted by atomic mass is 9.93. The van der Waals surface area contributed by atoms with E-state index in [0.29, 0.717) is 12.0 Å². The van der Waals surface area contributed by atoms with Crippen molar-refractivity contribution in [1.82, 2.24) is 5.32 Å². The average Bonchev–Trinajstić information content (AvgIpc) is 3.10. The Morgan fingerprint density at radius 3 is 2.62 bits per heavy atom. The topological polar surface area (TPSA) is 32.3 Å². The van der Waals surface area contributed by atoms with Crippen LogP contribution in [0, 0.1) is 5.92 Å². The molecular formula is C14H27NO. The third-order valence-electron chi connectivity index (χ3n) is 3.70. The summed E-state index contributed by atoms with van der Waals surface area (Å²) in [5, 5.41) is 13.2. The van der Waals surface area contributed by atoms with Crippen LogP contribution in [0.15, 0.2) is 12.7 Å². The van der Waals surface area contributed by atoms with E-state index < -0.39 is 0 Å². The van der Waals surface area contributed by atoms with E-state index in [4.69, 9.17) is 0 Å². The quantitative estimate of drug-likeness (QED) is 0.591. The van der Waals surface area contributed by atoms with E-state index in [1.807, 2.05) is 6.08 Å². The van der Waals surface area contributed by atoms with Crippen molar-refractivity contribution in [2.45, 2.75) is 64.0 Å². The second-order valence-electron chi connectivity index (χ2n) is 5.35. The lowest BCUT2D eigenvalue weighted by molar-refractivity contribution is 0.137. The van der Waals surface area contributed by atoms with Gasteiger partial charge in [-0.15, -0.1) is 6.58 Å². The van der Waals surface area contributed by atoms with Crippen molar-refractivity contribution in [2.24, 2.45) is 5.92 Å². The first-order chi connectivity index (χ1) is 7.66. The summed E-state index contributed by atoms with van der Waals surface area (Å²) in [5.74, 6) is 0.681. The van der Waals surface area contributed by atoms with Gasteiger partial charge >= 0.3 is 0 Å². The molecule has 16 heavy (non-hydrogen) atoms. The summed E-state index contributed by atoms with van der Waals surface area (Å²) in [6, 6.07) is 0.528. The minimum atomic E-state index is -0.0546. The minimum Gasteiger partial charge on any atom is -0.394 e. The second-order valence-corrected chi connectivity index (χ2v) is 5.35. The average molecular weight is 225 g/mol. The molecule has 2 nitrogen and oxygen atoms in total. The molecule has 0 saturated heterocycles. The molecule has 0 spiro atoms. The molecule has 0 aliphatic heterocycles. The highest BCUT2D eigenvalue weighted by Gasteiger charge is 2.41. The Labute approximate surface area is 100 Å². The maximum absolute atomic E-state index is 9.56. The SMILES string of the molecule is C=CCCC(CCC)NC(C)(CO)C1CC1. The maximum atomic E-state index is 9.56.